The van der Waals surface area contributed by atoms with Crippen molar-refractivity contribution in [2.75, 3.05) is 32.1 Å². The van der Waals surface area contributed by atoms with Crippen LogP contribution >= 0.6 is 11.6 Å². The van der Waals surface area contributed by atoms with E-state index < -0.39 is 0 Å². The molecule has 7 heteroatoms. The third-order valence-corrected chi connectivity index (χ3v) is 5.27. The van der Waals surface area contributed by atoms with Gasteiger partial charge in [-0.2, -0.15) is 0 Å². The third-order valence-electron chi connectivity index (χ3n) is 4.86. The molecule has 0 bridgehead atoms. The maximum absolute atomic E-state index is 12.4. The van der Waals surface area contributed by atoms with Crippen molar-refractivity contribution in [3.05, 3.63) is 58.6 Å². The van der Waals surface area contributed by atoms with E-state index in [4.69, 9.17) is 16.3 Å². The van der Waals surface area contributed by atoms with Crippen LogP contribution in [0.4, 0.5) is 5.69 Å². The van der Waals surface area contributed by atoms with Crippen molar-refractivity contribution >= 4 is 29.1 Å². The van der Waals surface area contributed by atoms with Crippen LogP contribution in [0.2, 0.25) is 5.02 Å². The van der Waals surface area contributed by atoms with E-state index in [1.165, 1.54) is 0 Å². The lowest BCUT2D eigenvalue weighted by atomic mass is 10.1. The molecule has 0 aromatic heterocycles. The molecule has 2 aromatic carbocycles. The summed E-state index contributed by atoms with van der Waals surface area (Å²) in [4.78, 5) is 26.6. The molecule has 2 N–H and O–H groups in total. The van der Waals surface area contributed by atoms with Gasteiger partial charge in [0, 0.05) is 16.8 Å². The van der Waals surface area contributed by atoms with Crippen LogP contribution in [0, 0.1) is 6.92 Å². The second kappa shape index (κ2) is 10.8. The van der Waals surface area contributed by atoms with Gasteiger partial charge in [-0.15, -0.1) is 0 Å². The summed E-state index contributed by atoms with van der Waals surface area (Å²) in [5.74, 6) is 0.273. The molecule has 2 aromatic rings. The summed E-state index contributed by atoms with van der Waals surface area (Å²) in [5, 5.41) is 6.03. The van der Waals surface area contributed by atoms with Crippen LogP contribution in [0.1, 0.15) is 31.0 Å². The van der Waals surface area contributed by atoms with Crippen LogP contribution in [0.3, 0.4) is 0 Å². The fourth-order valence-corrected chi connectivity index (χ4v) is 3.17. The van der Waals surface area contributed by atoms with Gasteiger partial charge in [0.25, 0.3) is 0 Å². The van der Waals surface area contributed by atoms with Gasteiger partial charge in [-0.1, -0.05) is 36.7 Å². The summed E-state index contributed by atoms with van der Waals surface area (Å²) < 4.78 is 5.28. The molecule has 2 rings (SSSR count). The first-order valence-corrected chi connectivity index (χ1v) is 9.93. The van der Waals surface area contributed by atoms with Gasteiger partial charge in [0.05, 0.1) is 20.2 Å². The predicted molar refractivity (Wildman–Crippen MR) is 116 cm³/mol. The topological polar surface area (TPSA) is 70.7 Å². The Morgan fingerprint density at radius 3 is 2.59 bits per heavy atom. The number of rotatable bonds is 9. The van der Waals surface area contributed by atoms with Crippen LogP contribution in [-0.2, 0) is 9.59 Å². The Bertz CT molecular complexity index is 857. The van der Waals surface area contributed by atoms with E-state index in [0.717, 1.165) is 16.9 Å². The maximum Gasteiger partial charge on any atom is 0.243 e. The van der Waals surface area contributed by atoms with Gasteiger partial charge in [0.2, 0.25) is 11.8 Å². The highest BCUT2D eigenvalue weighted by atomic mass is 35.5. The van der Waals surface area contributed by atoms with Gasteiger partial charge >= 0.3 is 0 Å². The molecular formula is C22H28ClN3O3. The van der Waals surface area contributed by atoms with Crippen molar-refractivity contribution < 1.29 is 14.3 Å². The number of amides is 2. The molecule has 156 valence electrons. The van der Waals surface area contributed by atoms with Gasteiger partial charge in [0.1, 0.15) is 5.75 Å². The molecule has 0 radical (unpaired) electrons. The first-order chi connectivity index (χ1) is 13.8. The lowest BCUT2D eigenvalue weighted by molar-refractivity contribution is -0.125. The number of benzene rings is 2. The van der Waals surface area contributed by atoms with E-state index in [9.17, 15) is 9.59 Å². The van der Waals surface area contributed by atoms with E-state index in [1.807, 2.05) is 49.9 Å². The number of nitrogens with one attached hydrogen (secondary N) is 2. The molecule has 0 saturated heterocycles. The Hall–Kier alpha value is -2.57. The second-order valence-electron chi connectivity index (χ2n) is 6.75. The Labute approximate surface area is 177 Å². The van der Waals surface area contributed by atoms with Crippen LogP contribution in [-0.4, -0.2) is 43.5 Å². The molecule has 0 aliphatic rings. The summed E-state index contributed by atoms with van der Waals surface area (Å²) in [6.07, 6.45) is 0. The average Bonchev–Trinajstić information content (AvgIpc) is 2.73. The third kappa shape index (κ3) is 6.48. The average molecular weight is 418 g/mol. The lowest BCUT2D eigenvalue weighted by Gasteiger charge is -2.27. The molecule has 0 spiro atoms. The summed E-state index contributed by atoms with van der Waals surface area (Å²) in [7, 11) is 1.63. The number of halogens is 1. The predicted octanol–water partition coefficient (Wildman–Crippen LogP) is 3.79. The summed E-state index contributed by atoms with van der Waals surface area (Å²) in [6, 6.07) is 13.1. The summed E-state index contributed by atoms with van der Waals surface area (Å²) in [5.41, 5.74) is 2.49. The molecule has 0 aliphatic carbocycles. The van der Waals surface area contributed by atoms with E-state index in [2.05, 4.69) is 10.6 Å². The van der Waals surface area contributed by atoms with Crippen LogP contribution in [0.25, 0.3) is 0 Å². The van der Waals surface area contributed by atoms with Gasteiger partial charge in [-0.05, 0) is 55.8 Å². The zero-order valence-electron chi connectivity index (χ0n) is 17.3. The second-order valence-corrected chi connectivity index (χ2v) is 7.16. The quantitative estimate of drug-likeness (QED) is 0.651. The molecule has 1 unspecified atom stereocenters. The van der Waals surface area contributed by atoms with Gasteiger partial charge < -0.3 is 15.4 Å². The van der Waals surface area contributed by atoms with Crippen molar-refractivity contribution in [1.82, 2.24) is 10.2 Å². The van der Waals surface area contributed by atoms with E-state index >= 15 is 0 Å². The fraction of sp³-hybridized carbons (Fsp3) is 0.364. The van der Waals surface area contributed by atoms with Crippen molar-refractivity contribution in [2.24, 2.45) is 0 Å². The molecule has 6 nitrogen and oxygen atoms in total. The highest BCUT2D eigenvalue weighted by Crippen LogP contribution is 2.24. The Morgan fingerprint density at radius 1 is 1.17 bits per heavy atom. The zero-order valence-corrected chi connectivity index (χ0v) is 18.0. The van der Waals surface area contributed by atoms with E-state index in [-0.39, 0.29) is 30.9 Å². The number of hydrogen-bond acceptors (Lipinski definition) is 4. The molecule has 29 heavy (non-hydrogen) atoms. The number of nitrogens with zero attached hydrogens (tertiary/aromatic N) is 1. The Morgan fingerprint density at radius 2 is 1.90 bits per heavy atom. The minimum absolute atomic E-state index is 0.0313. The van der Waals surface area contributed by atoms with E-state index in [1.54, 1.807) is 25.3 Å². The molecule has 1 atom stereocenters. The first-order valence-electron chi connectivity index (χ1n) is 9.55. The number of hydrogen-bond donors (Lipinski definition) is 2. The molecule has 2 amide bonds. The van der Waals surface area contributed by atoms with Crippen molar-refractivity contribution in [1.29, 1.82) is 0 Å². The number of carbonyl (C=O) groups is 2. The molecule has 0 heterocycles. The van der Waals surface area contributed by atoms with Crippen LogP contribution < -0.4 is 15.4 Å². The standard InChI is InChI=1S/C22H28ClN3O3/c1-5-26(16(3)17-8-6-9-18(12-17)29-4)14-22(28)24-13-21(27)25-20-11-7-10-19(23)15(20)2/h6-12,16H,5,13-14H2,1-4H3,(H,24,28)(H,25,27). The highest BCUT2D eigenvalue weighted by molar-refractivity contribution is 6.31. The van der Waals surface area contributed by atoms with Crippen molar-refractivity contribution in [2.45, 2.75) is 26.8 Å². The van der Waals surface area contributed by atoms with Crippen LogP contribution in [0.5, 0.6) is 5.75 Å². The monoisotopic (exact) mass is 417 g/mol. The minimum Gasteiger partial charge on any atom is -0.497 e. The van der Waals surface area contributed by atoms with Gasteiger partial charge in [-0.3, -0.25) is 14.5 Å². The van der Waals surface area contributed by atoms with Crippen molar-refractivity contribution in [3.63, 3.8) is 0 Å². The SMILES string of the molecule is CCN(CC(=O)NCC(=O)Nc1cccc(Cl)c1C)C(C)c1cccc(OC)c1. The number of methoxy groups -OCH3 is 1. The Kier molecular flexibility index (Phi) is 8.49. The highest BCUT2D eigenvalue weighted by Gasteiger charge is 2.18. The number of carbonyl (C=O) groups excluding carboxylic acids is 2. The Balaban J connectivity index is 1.89. The van der Waals surface area contributed by atoms with Gasteiger partial charge in [0.15, 0.2) is 0 Å². The van der Waals surface area contributed by atoms with E-state index in [0.29, 0.717) is 17.3 Å². The van der Waals surface area contributed by atoms with Crippen molar-refractivity contribution in [3.8, 4) is 5.75 Å². The summed E-state index contributed by atoms with van der Waals surface area (Å²) >= 11 is 6.06. The largest absolute Gasteiger partial charge is 0.497 e. The molecule has 0 saturated carbocycles. The normalized spacial score (nSPS) is 11.8. The summed E-state index contributed by atoms with van der Waals surface area (Å²) in [6.45, 7) is 6.66. The number of anilines is 1. The lowest BCUT2D eigenvalue weighted by Crippen LogP contribution is -2.41. The molecule has 0 aliphatic heterocycles. The molecule has 0 fully saturated rings. The number of ether oxygens (including phenoxy) is 1. The fourth-order valence-electron chi connectivity index (χ4n) is 2.99. The maximum atomic E-state index is 12.4. The van der Waals surface area contributed by atoms with Crippen LogP contribution in [0.15, 0.2) is 42.5 Å². The molecular weight excluding hydrogens is 390 g/mol. The van der Waals surface area contributed by atoms with Gasteiger partial charge in [-0.25, -0.2) is 0 Å². The smallest absolute Gasteiger partial charge is 0.243 e. The number of likely N-dealkylation sites (N-methyl/N-ethyl adjacent to an activating group) is 1. The minimum atomic E-state index is -0.299. The zero-order chi connectivity index (χ0) is 21.4. The first kappa shape index (κ1) is 22.7.